The van der Waals surface area contributed by atoms with Crippen LogP contribution in [0.4, 0.5) is 0 Å². The first-order valence-electron chi connectivity index (χ1n) is 3.46. The Balaban J connectivity index is 3.46. The molecule has 60 valence electrons. The largest absolute Gasteiger partial charge is 0.0505 e. The molecule has 0 spiro atoms. The lowest BCUT2D eigenvalue weighted by Gasteiger charge is -2.08. The molecule has 0 saturated carbocycles. The van der Waals surface area contributed by atoms with Gasteiger partial charge in [0.05, 0.1) is 0 Å². The summed E-state index contributed by atoms with van der Waals surface area (Å²) in [6.07, 6.45) is 0. The van der Waals surface area contributed by atoms with E-state index in [9.17, 15) is 0 Å². The monoisotopic (exact) mass is 276 g/mol. The van der Waals surface area contributed by atoms with Gasteiger partial charge >= 0.3 is 0 Å². The van der Waals surface area contributed by atoms with Crippen molar-refractivity contribution in [1.29, 1.82) is 0 Å². The SMILES string of the molecule is Cc1c(Br)cc(Br)c(C)c1C. The lowest BCUT2D eigenvalue weighted by atomic mass is 10.1. The lowest BCUT2D eigenvalue weighted by molar-refractivity contribution is 1.23. The molecule has 0 fully saturated rings. The minimum absolute atomic E-state index is 1.17. The van der Waals surface area contributed by atoms with Gasteiger partial charge in [0.1, 0.15) is 0 Å². The quantitative estimate of drug-likeness (QED) is 0.669. The number of rotatable bonds is 0. The molecule has 0 unspecified atom stereocenters. The molecule has 0 radical (unpaired) electrons. The fourth-order valence-electron chi connectivity index (χ4n) is 0.967. The zero-order chi connectivity index (χ0) is 8.59. The molecule has 0 aliphatic carbocycles. The highest BCUT2D eigenvalue weighted by Gasteiger charge is 2.04. The van der Waals surface area contributed by atoms with Crippen LogP contribution in [-0.4, -0.2) is 0 Å². The fourth-order valence-corrected chi connectivity index (χ4v) is 2.33. The minimum atomic E-state index is 1.17. The first-order chi connectivity index (χ1) is 5.04. The number of benzene rings is 1. The normalized spacial score (nSPS) is 10.3. The highest BCUT2D eigenvalue weighted by molar-refractivity contribution is 9.11. The molecule has 0 amide bonds. The van der Waals surface area contributed by atoms with Crippen LogP contribution in [-0.2, 0) is 0 Å². The van der Waals surface area contributed by atoms with Crippen LogP contribution in [0.25, 0.3) is 0 Å². The summed E-state index contributed by atoms with van der Waals surface area (Å²) in [5, 5.41) is 0. The summed E-state index contributed by atoms with van der Waals surface area (Å²) in [7, 11) is 0. The summed E-state index contributed by atoms with van der Waals surface area (Å²) < 4.78 is 2.35. The molecule has 1 rings (SSSR count). The first kappa shape index (κ1) is 9.27. The second kappa shape index (κ2) is 3.28. The van der Waals surface area contributed by atoms with Gasteiger partial charge in [0, 0.05) is 8.95 Å². The van der Waals surface area contributed by atoms with Gasteiger partial charge in [0.25, 0.3) is 0 Å². The van der Waals surface area contributed by atoms with E-state index in [2.05, 4.69) is 58.7 Å². The van der Waals surface area contributed by atoms with Crippen molar-refractivity contribution in [3.8, 4) is 0 Å². The lowest BCUT2D eigenvalue weighted by Crippen LogP contribution is -1.88. The maximum atomic E-state index is 3.50. The van der Waals surface area contributed by atoms with Crippen molar-refractivity contribution >= 4 is 31.9 Å². The number of hydrogen-bond acceptors (Lipinski definition) is 0. The van der Waals surface area contributed by atoms with E-state index >= 15 is 0 Å². The fraction of sp³-hybridized carbons (Fsp3) is 0.333. The van der Waals surface area contributed by atoms with E-state index in [1.807, 2.05) is 0 Å². The molecule has 11 heavy (non-hydrogen) atoms. The molecule has 1 aromatic rings. The van der Waals surface area contributed by atoms with Crippen LogP contribution in [0, 0.1) is 20.8 Å². The van der Waals surface area contributed by atoms with Crippen molar-refractivity contribution in [2.45, 2.75) is 20.8 Å². The van der Waals surface area contributed by atoms with Crippen LogP contribution in [0.3, 0.4) is 0 Å². The van der Waals surface area contributed by atoms with E-state index in [-0.39, 0.29) is 0 Å². The zero-order valence-electron chi connectivity index (χ0n) is 6.83. The van der Waals surface area contributed by atoms with Gasteiger partial charge in [-0.3, -0.25) is 0 Å². The summed E-state index contributed by atoms with van der Waals surface area (Å²) in [5.41, 5.74) is 4.00. The second-order valence-electron chi connectivity index (χ2n) is 2.72. The van der Waals surface area contributed by atoms with Crippen molar-refractivity contribution in [2.75, 3.05) is 0 Å². The molecule has 0 saturated heterocycles. The van der Waals surface area contributed by atoms with Crippen LogP contribution in [0.2, 0.25) is 0 Å². The Bertz CT molecular complexity index is 264. The Morgan fingerprint density at radius 2 is 1.18 bits per heavy atom. The van der Waals surface area contributed by atoms with Gasteiger partial charge in [-0.1, -0.05) is 31.9 Å². The Morgan fingerprint density at radius 1 is 0.818 bits per heavy atom. The smallest absolute Gasteiger partial charge is 0.0218 e. The van der Waals surface area contributed by atoms with E-state index in [0.717, 1.165) is 0 Å². The third-order valence-electron chi connectivity index (χ3n) is 2.09. The van der Waals surface area contributed by atoms with Gasteiger partial charge in [0.2, 0.25) is 0 Å². The maximum absolute atomic E-state index is 3.50. The average molecular weight is 278 g/mol. The van der Waals surface area contributed by atoms with E-state index in [4.69, 9.17) is 0 Å². The van der Waals surface area contributed by atoms with E-state index in [0.29, 0.717) is 0 Å². The Labute approximate surface area is 84.3 Å². The van der Waals surface area contributed by atoms with Gasteiger partial charge in [-0.15, -0.1) is 0 Å². The zero-order valence-corrected chi connectivity index (χ0v) is 10.0. The predicted octanol–water partition coefficient (Wildman–Crippen LogP) is 4.14. The highest BCUT2D eigenvalue weighted by atomic mass is 79.9. The molecule has 0 heterocycles. The Hall–Kier alpha value is 0.180. The van der Waals surface area contributed by atoms with Gasteiger partial charge in [-0.25, -0.2) is 0 Å². The summed E-state index contributed by atoms with van der Waals surface area (Å²) >= 11 is 7.00. The molecule has 0 bridgehead atoms. The highest BCUT2D eigenvalue weighted by Crippen LogP contribution is 2.28. The molecule has 0 nitrogen and oxygen atoms in total. The predicted molar refractivity (Wildman–Crippen MR) is 56.1 cm³/mol. The topological polar surface area (TPSA) is 0 Å². The van der Waals surface area contributed by atoms with Crippen molar-refractivity contribution < 1.29 is 0 Å². The number of halogens is 2. The molecule has 0 aliphatic heterocycles. The third kappa shape index (κ3) is 1.67. The molecular weight excluding hydrogens is 268 g/mol. The van der Waals surface area contributed by atoms with Gasteiger partial charge in [-0.05, 0) is 43.5 Å². The standard InChI is InChI=1S/C9H10Br2/c1-5-6(2)8(10)4-9(11)7(5)3/h4H,1-3H3. The summed E-state index contributed by atoms with van der Waals surface area (Å²) in [6.45, 7) is 6.39. The van der Waals surface area contributed by atoms with Crippen LogP contribution >= 0.6 is 31.9 Å². The van der Waals surface area contributed by atoms with Crippen LogP contribution in [0.5, 0.6) is 0 Å². The summed E-state index contributed by atoms with van der Waals surface area (Å²) in [4.78, 5) is 0. The van der Waals surface area contributed by atoms with Crippen LogP contribution in [0.15, 0.2) is 15.0 Å². The Morgan fingerprint density at radius 3 is 1.55 bits per heavy atom. The third-order valence-corrected chi connectivity index (χ3v) is 3.74. The van der Waals surface area contributed by atoms with Crippen molar-refractivity contribution in [2.24, 2.45) is 0 Å². The van der Waals surface area contributed by atoms with E-state index in [1.54, 1.807) is 0 Å². The van der Waals surface area contributed by atoms with Gasteiger partial charge in [0.15, 0.2) is 0 Å². The molecule has 1 aromatic carbocycles. The van der Waals surface area contributed by atoms with Gasteiger partial charge < -0.3 is 0 Å². The summed E-state index contributed by atoms with van der Waals surface area (Å²) in [5.74, 6) is 0. The molecule has 0 N–H and O–H groups in total. The second-order valence-corrected chi connectivity index (χ2v) is 4.42. The molecule has 0 aliphatic rings. The van der Waals surface area contributed by atoms with E-state index in [1.165, 1.54) is 25.6 Å². The van der Waals surface area contributed by atoms with Gasteiger partial charge in [-0.2, -0.15) is 0 Å². The van der Waals surface area contributed by atoms with Crippen molar-refractivity contribution in [3.63, 3.8) is 0 Å². The van der Waals surface area contributed by atoms with Crippen LogP contribution in [0.1, 0.15) is 16.7 Å². The minimum Gasteiger partial charge on any atom is -0.0505 e. The first-order valence-corrected chi connectivity index (χ1v) is 5.04. The number of hydrogen-bond donors (Lipinski definition) is 0. The molecule has 0 atom stereocenters. The van der Waals surface area contributed by atoms with Crippen molar-refractivity contribution in [3.05, 3.63) is 31.7 Å². The molecule has 2 heteroatoms. The molecular formula is C9H10Br2. The van der Waals surface area contributed by atoms with Crippen LogP contribution < -0.4 is 0 Å². The average Bonchev–Trinajstić information content (AvgIpc) is 1.97. The van der Waals surface area contributed by atoms with Crippen molar-refractivity contribution in [1.82, 2.24) is 0 Å². The summed E-state index contributed by atoms with van der Waals surface area (Å²) in [6, 6.07) is 2.09. The molecule has 0 aromatic heterocycles. The Kier molecular flexibility index (Phi) is 2.76. The maximum Gasteiger partial charge on any atom is 0.0218 e. The van der Waals surface area contributed by atoms with E-state index < -0.39 is 0 Å².